The Bertz CT molecular complexity index is 91.1. The van der Waals surface area contributed by atoms with Gasteiger partial charge in [0.15, 0.2) is 0 Å². The third-order valence-electron chi connectivity index (χ3n) is 0.821. The molecule has 9 heavy (non-hydrogen) atoms. The lowest BCUT2D eigenvalue weighted by Crippen LogP contribution is -2.10. The highest BCUT2D eigenvalue weighted by molar-refractivity contribution is 6.09. The molecule has 0 atom stereocenters. The van der Waals surface area contributed by atoms with Crippen LogP contribution < -0.4 is 0 Å². The molecule has 0 aromatic rings. The standard InChI is InChI=1S/C6H13BO2/c1-5(2)9-6(8)3-4-7/h5H,3-4,7H2,1-2H3. The second-order valence-corrected chi connectivity index (χ2v) is 2.29. The van der Waals surface area contributed by atoms with E-state index in [2.05, 4.69) is 0 Å². The Balaban J connectivity index is 3.27. The van der Waals surface area contributed by atoms with Crippen molar-refractivity contribution in [1.82, 2.24) is 0 Å². The van der Waals surface area contributed by atoms with Crippen LogP contribution in [0.4, 0.5) is 0 Å². The summed E-state index contributed by atoms with van der Waals surface area (Å²) in [4.78, 5) is 10.6. The summed E-state index contributed by atoms with van der Waals surface area (Å²) in [6.07, 6.45) is 1.44. The second-order valence-electron chi connectivity index (χ2n) is 2.29. The average molecular weight is 128 g/mol. The maximum Gasteiger partial charge on any atom is 0.305 e. The van der Waals surface area contributed by atoms with Crippen molar-refractivity contribution in [3.05, 3.63) is 0 Å². The minimum Gasteiger partial charge on any atom is -0.463 e. The molecule has 2 nitrogen and oxygen atoms in total. The third kappa shape index (κ3) is 5.41. The molecule has 0 N–H and O–H groups in total. The molecule has 0 aliphatic rings. The van der Waals surface area contributed by atoms with Crippen LogP contribution in [-0.2, 0) is 9.53 Å². The van der Waals surface area contributed by atoms with Crippen LogP contribution in [0.1, 0.15) is 20.3 Å². The van der Waals surface area contributed by atoms with Crippen LogP contribution in [0.3, 0.4) is 0 Å². The first-order valence-electron chi connectivity index (χ1n) is 3.36. The van der Waals surface area contributed by atoms with E-state index in [9.17, 15) is 4.79 Å². The lowest BCUT2D eigenvalue weighted by molar-refractivity contribution is -0.146. The molecule has 0 aliphatic carbocycles. The minimum atomic E-state index is -0.0903. The predicted octanol–water partition coefficient (Wildman–Crippen LogP) is 0.379. The zero-order valence-corrected chi connectivity index (χ0v) is 6.31. The Labute approximate surface area is 57.0 Å². The molecule has 0 saturated heterocycles. The highest BCUT2D eigenvalue weighted by Crippen LogP contribution is 1.94. The fraction of sp³-hybridized carbons (Fsp3) is 0.833. The van der Waals surface area contributed by atoms with Crippen molar-refractivity contribution < 1.29 is 9.53 Å². The minimum absolute atomic E-state index is 0.0315. The number of carbonyl (C=O) groups excluding carboxylic acids is 1. The molecule has 52 valence electrons. The topological polar surface area (TPSA) is 26.3 Å². The molecule has 3 heteroatoms. The normalized spacial score (nSPS) is 9.67. The molecule has 0 aromatic heterocycles. The van der Waals surface area contributed by atoms with Crippen molar-refractivity contribution in [1.29, 1.82) is 0 Å². The van der Waals surface area contributed by atoms with Gasteiger partial charge in [-0.25, -0.2) is 0 Å². The largest absolute Gasteiger partial charge is 0.463 e. The molecule has 0 amide bonds. The van der Waals surface area contributed by atoms with Crippen molar-refractivity contribution in [2.45, 2.75) is 32.7 Å². The summed E-state index contributed by atoms with van der Waals surface area (Å²) in [5.41, 5.74) is 0. The number of hydrogen-bond donors (Lipinski definition) is 0. The zero-order valence-electron chi connectivity index (χ0n) is 6.31. The Hall–Kier alpha value is -0.465. The first-order valence-corrected chi connectivity index (χ1v) is 3.36. The van der Waals surface area contributed by atoms with Crippen LogP contribution >= 0.6 is 0 Å². The first-order chi connectivity index (χ1) is 4.16. The molecule has 0 aliphatic heterocycles. The Morgan fingerprint density at radius 1 is 1.67 bits per heavy atom. The zero-order chi connectivity index (χ0) is 7.28. The summed E-state index contributed by atoms with van der Waals surface area (Å²) in [5, 5.41) is 0. The highest BCUT2D eigenvalue weighted by Gasteiger charge is 2.01. The number of rotatable bonds is 3. The van der Waals surface area contributed by atoms with Crippen LogP contribution in [0.2, 0.25) is 6.32 Å². The Kier molecular flexibility index (Phi) is 4.19. The maximum atomic E-state index is 10.6. The van der Waals surface area contributed by atoms with Gasteiger partial charge in [0, 0.05) is 6.42 Å². The van der Waals surface area contributed by atoms with Gasteiger partial charge in [-0.3, -0.25) is 4.79 Å². The molecule has 0 spiro atoms. The fourth-order valence-corrected chi connectivity index (χ4v) is 0.526. The lowest BCUT2D eigenvalue weighted by atomic mass is 10.0. The van der Waals surface area contributed by atoms with Gasteiger partial charge in [0.2, 0.25) is 0 Å². The summed E-state index contributed by atoms with van der Waals surface area (Å²) in [6, 6.07) is 0. The van der Waals surface area contributed by atoms with Crippen molar-refractivity contribution in [2.75, 3.05) is 0 Å². The van der Waals surface area contributed by atoms with Gasteiger partial charge < -0.3 is 4.74 Å². The van der Waals surface area contributed by atoms with Gasteiger partial charge in [0.1, 0.15) is 7.85 Å². The second kappa shape index (κ2) is 4.42. The Morgan fingerprint density at radius 3 is 2.56 bits per heavy atom. The van der Waals surface area contributed by atoms with E-state index in [0.29, 0.717) is 6.42 Å². The van der Waals surface area contributed by atoms with E-state index in [1.165, 1.54) is 0 Å². The lowest BCUT2D eigenvalue weighted by Gasteiger charge is -2.05. The van der Waals surface area contributed by atoms with Gasteiger partial charge in [0.25, 0.3) is 0 Å². The molecule has 0 heterocycles. The van der Waals surface area contributed by atoms with Crippen LogP contribution in [0.15, 0.2) is 0 Å². The van der Waals surface area contributed by atoms with Crippen LogP contribution in [0.5, 0.6) is 0 Å². The number of hydrogen-bond acceptors (Lipinski definition) is 2. The SMILES string of the molecule is BCCC(=O)OC(C)C. The average Bonchev–Trinajstić information content (AvgIpc) is 1.63. The molecule has 0 saturated carbocycles. The quantitative estimate of drug-likeness (QED) is 0.405. The number of carbonyl (C=O) groups is 1. The van der Waals surface area contributed by atoms with E-state index in [1.54, 1.807) is 0 Å². The summed E-state index contributed by atoms with van der Waals surface area (Å²) in [5.74, 6) is -0.0903. The predicted molar refractivity (Wildman–Crippen MR) is 39.2 cm³/mol. The van der Waals surface area contributed by atoms with Gasteiger partial charge in [0.05, 0.1) is 6.10 Å². The van der Waals surface area contributed by atoms with Gasteiger partial charge in [-0.05, 0) is 13.8 Å². The van der Waals surface area contributed by atoms with Crippen LogP contribution in [-0.4, -0.2) is 19.9 Å². The summed E-state index contributed by atoms with van der Waals surface area (Å²) < 4.78 is 4.85. The van der Waals surface area contributed by atoms with Crippen molar-refractivity contribution in [3.63, 3.8) is 0 Å². The molecular formula is C6H13BO2. The van der Waals surface area contributed by atoms with Gasteiger partial charge in [-0.15, -0.1) is 0 Å². The van der Waals surface area contributed by atoms with E-state index in [4.69, 9.17) is 4.74 Å². The number of ether oxygens (including phenoxy) is 1. The molecule has 0 rings (SSSR count). The van der Waals surface area contributed by atoms with Crippen molar-refractivity contribution in [2.24, 2.45) is 0 Å². The van der Waals surface area contributed by atoms with E-state index < -0.39 is 0 Å². The van der Waals surface area contributed by atoms with Crippen LogP contribution in [0.25, 0.3) is 0 Å². The molecule has 0 radical (unpaired) electrons. The smallest absolute Gasteiger partial charge is 0.305 e. The molecule has 0 unspecified atom stereocenters. The van der Waals surface area contributed by atoms with Crippen LogP contribution in [0, 0.1) is 0 Å². The van der Waals surface area contributed by atoms with E-state index >= 15 is 0 Å². The molecule has 0 fully saturated rings. The molecule has 0 bridgehead atoms. The monoisotopic (exact) mass is 128 g/mol. The Morgan fingerprint density at radius 2 is 2.22 bits per heavy atom. The fourth-order valence-electron chi connectivity index (χ4n) is 0.526. The molecular weight excluding hydrogens is 115 g/mol. The van der Waals surface area contributed by atoms with E-state index in [-0.39, 0.29) is 12.1 Å². The first kappa shape index (κ1) is 8.53. The van der Waals surface area contributed by atoms with E-state index in [0.717, 1.165) is 6.32 Å². The summed E-state index contributed by atoms with van der Waals surface area (Å²) >= 11 is 0. The van der Waals surface area contributed by atoms with Crippen molar-refractivity contribution in [3.8, 4) is 0 Å². The van der Waals surface area contributed by atoms with E-state index in [1.807, 2.05) is 21.7 Å². The van der Waals surface area contributed by atoms with Gasteiger partial charge in [-0.2, -0.15) is 0 Å². The van der Waals surface area contributed by atoms with Gasteiger partial charge >= 0.3 is 5.97 Å². The third-order valence-corrected chi connectivity index (χ3v) is 0.821. The number of esters is 1. The summed E-state index contributed by atoms with van der Waals surface area (Å²) in [6.45, 7) is 3.71. The van der Waals surface area contributed by atoms with Crippen molar-refractivity contribution >= 4 is 13.8 Å². The summed E-state index contributed by atoms with van der Waals surface area (Å²) in [7, 11) is 1.96. The maximum absolute atomic E-state index is 10.6. The highest BCUT2D eigenvalue weighted by atomic mass is 16.5. The van der Waals surface area contributed by atoms with Gasteiger partial charge in [-0.1, -0.05) is 6.32 Å². The molecule has 0 aromatic carbocycles.